The van der Waals surface area contributed by atoms with Gasteiger partial charge in [-0.1, -0.05) is 36.4 Å². The Morgan fingerprint density at radius 2 is 1.94 bits per heavy atom. The van der Waals surface area contributed by atoms with E-state index in [1.165, 1.54) is 7.11 Å². The standard InChI is InChI=1S/C24H25N3O4/c1-31-24(30)21(13-17-14-25-20-10-5-4-8-18(17)20)26-22(28)11-6-12-27-15-16-7-2-3-9-19(16)23(27)29/h2-5,7-10,14,21,25H,6,11-13,15H2,1H3,(H,26,28)/t21-/m1/s1. The van der Waals surface area contributed by atoms with Gasteiger partial charge in [-0.2, -0.15) is 0 Å². The van der Waals surface area contributed by atoms with Crippen molar-refractivity contribution in [1.29, 1.82) is 0 Å². The van der Waals surface area contributed by atoms with Gasteiger partial charge in [0.1, 0.15) is 6.04 Å². The first-order chi connectivity index (χ1) is 15.1. The molecule has 7 heteroatoms. The minimum Gasteiger partial charge on any atom is -0.467 e. The molecule has 1 aliphatic rings. The highest BCUT2D eigenvalue weighted by molar-refractivity contribution is 5.98. The lowest BCUT2D eigenvalue weighted by atomic mass is 10.0. The molecule has 0 saturated carbocycles. The summed E-state index contributed by atoms with van der Waals surface area (Å²) in [6.07, 6.45) is 2.93. The lowest BCUT2D eigenvalue weighted by Gasteiger charge is -2.18. The van der Waals surface area contributed by atoms with Gasteiger partial charge in [-0.15, -0.1) is 0 Å². The predicted octanol–water partition coefficient (Wildman–Crippen LogP) is 2.80. The molecule has 1 aromatic heterocycles. The molecule has 2 N–H and O–H groups in total. The summed E-state index contributed by atoms with van der Waals surface area (Å²) in [5, 5.41) is 3.81. The van der Waals surface area contributed by atoms with E-state index in [0.717, 1.165) is 27.6 Å². The van der Waals surface area contributed by atoms with E-state index in [4.69, 9.17) is 4.74 Å². The maximum Gasteiger partial charge on any atom is 0.328 e. The number of methoxy groups -OCH3 is 1. The molecule has 31 heavy (non-hydrogen) atoms. The van der Waals surface area contributed by atoms with Gasteiger partial charge < -0.3 is 19.9 Å². The van der Waals surface area contributed by atoms with E-state index in [9.17, 15) is 14.4 Å². The van der Waals surface area contributed by atoms with Crippen LogP contribution in [0.25, 0.3) is 10.9 Å². The fourth-order valence-corrected chi connectivity index (χ4v) is 4.05. The number of fused-ring (bicyclic) bond motifs is 2. The van der Waals surface area contributed by atoms with Gasteiger partial charge in [0.05, 0.1) is 7.11 Å². The van der Waals surface area contributed by atoms with Gasteiger partial charge in [0.2, 0.25) is 5.91 Å². The zero-order valence-electron chi connectivity index (χ0n) is 17.4. The van der Waals surface area contributed by atoms with E-state index in [0.29, 0.717) is 25.9 Å². The maximum atomic E-state index is 12.5. The predicted molar refractivity (Wildman–Crippen MR) is 116 cm³/mol. The molecule has 0 unspecified atom stereocenters. The van der Waals surface area contributed by atoms with Crippen LogP contribution < -0.4 is 5.32 Å². The minimum absolute atomic E-state index is 0.00258. The molecule has 2 amide bonds. The first-order valence-corrected chi connectivity index (χ1v) is 10.4. The quantitative estimate of drug-likeness (QED) is 0.549. The number of carbonyl (C=O) groups excluding carboxylic acids is 3. The van der Waals surface area contributed by atoms with Crippen LogP contribution in [-0.4, -0.2) is 47.4 Å². The Balaban J connectivity index is 1.32. The monoisotopic (exact) mass is 419 g/mol. The summed E-state index contributed by atoms with van der Waals surface area (Å²) in [7, 11) is 1.31. The molecule has 0 fully saturated rings. The fourth-order valence-electron chi connectivity index (χ4n) is 4.05. The third kappa shape index (κ3) is 4.45. The van der Waals surface area contributed by atoms with Crippen molar-refractivity contribution in [2.24, 2.45) is 0 Å². The van der Waals surface area contributed by atoms with E-state index in [2.05, 4.69) is 10.3 Å². The Labute approximate surface area is 180 Å². The van der Waals surface area contributed by atoms with Gasteiger partial charge >= 0.3 is 5.97 Å². The van der Waals surface area contributed by atoms with Crippen molar-refractivity contribution < 1.29 is 19.1 Å². The van der Waals surface area contributed by atoms with Gasteiger partial charge in [0.15, 0.2) is 0 Å². The SMILES string of the molecule is COC(=O)[C@@H](Cc1c[nH]c2ccccc12)NC(=O)CCCN1Cc2ccccc2C1=O. The number of amides is 2. The summed E-state index contributed by atoms with van der Waals surface area (Å²) in [4.78, 5) is 42.1. The zero-order chi connectivity index (χ0) is 21.8. The first-order valence-electron chi connectivity index (χ1n) is 10.4. The van der Waals surface area contributed by atoms with Gasteiger partial charge in [-0.3, -0.25) is 9.59 Å². The Hall–Kier alpha value is -3.61. The highest BCUT2D eigenvalue weighted by Crippen LogP contribution is 2.22. The normalized spacial score (nSPS) is 13.8. The molecule has 3 aromatic rings. The highest BCUT2D eigenvalue weighted by atomic mass is 16.5. The smallest absolute Gasteiger partial charge is 0.328 e. The van der Waals surface area contributed by atoms with Gasteiger partial charge in [0, 0.05) is 48.6 Å². The third-order valence-electron chi connectivity index (χ3n) is 5.65. The number of carbonyl (C=O) groups is 3. The topological polar surface area (TPSA) is 91.5 Å². The summed E-state index contributed by atoms with van der Waals surface area (Å²) < 4.78 is 4.89. The number of benzene rings is 2. The first kappa shape index (κ1) is 20.7. The number of aromatic nitrogens is 1. The van der Waals surface area contributed by atoms with Gasteiger partial charge in [-0.05, 0) is 29.7 Å². The number of para-hydroxylation sites is 1. The molecular formula is C24H25N3O4. The highest BCUT2D eigenvalue weighted by Gasteiger charge is 2.27. The molecule has 160 valence electrons. The lowest BCUT2D eigenvalue weighted by Crippen LogP contribution is -2.43. The average Bonchev–Trinajstić information content (AvgIpc) is 3.34. The van der Waals surface area contributed by atoms with E-state index in [1.807, 2.05) is 54.7 Å². The fraction of sp³-hybridized carbons (Fsp3) is 0.292. The van der Waals surface area contributed by atoms with Crippen LogP contribution in [0.3, 0.4) is 0 Å². The number of rotatable bonds is 8. The molecule has 7 nitrogen and oxygen atoms in total. The van der Waals surface area contributed by atoms with Crippen molar-refractivity contribution >= 4 is 28.7 Å². The van der Waals surface area contributed by atoms with Crippen LogP contribution >= 0.6 is 0 Å². The van der Waals surface area contributed by atoms with Crippen LogP contribution in [0.15, 0.2) is 54.7 Å². The molecule has 2 aromatic carbocycles. The summed E-state index contributed by atoms with van der Waals surface area (Å²) >= 11 is 0. The van der Waals surface area contributed by atoms with E-state index in [1.54, 1.807) is 4.90 Å². The summed E-state index contributed by atoms with van der Waals surface area (Å²) in [6, 6.07) is 14.6. The Morgan fingerprint density at radius 1 is 1.16 bits per heavy atom. The zero-order valence-corrected chi connectivity index (χ0v) is 17.4. The summed E-state index contributed by atoms with van der Waals surface area (Å²) in [5.41, 5.74) is 3.66. The minimum atomic E-state index is -0.769. The van der Waals surface area contributed by atoms with Crippen molar-refractivity contribution in [3.63, 3.8) is 0 Å². The largest absolute Gasteiger partial charge is 0.467 e. The van der Waals surface area contributed by atoms with E-state index < -0.39 is 12.0 Å². The Morgan fingerprint density at radius 3 is 2.74 bits per heavy atom. The summed E-state index contributed by atoms with van der Waals surface area (Å²) in [6.45, 7) is 1.06. The second kappa shape index (κ2) is 9.04. The van der Waals surface area contributed by atoms with Crippen LogP contribution in [0.5, 0.6) is 0 Å². The number of esters is 1. The van der Waals surface area contributed by atoms with Crippen LogP contribution in [0.1, 0.15) is 34.3 Å². The number of nitrogens with zero attached hydrogens (tertiary/aromatic N) is 1. The number of H-pyrrole nitrogens is 1. The number of nitrogens with one attached hydrogen (secondary N) is 2. The Kier molecular flexibility index (Phi) is 6.02. The van der Waals surface area contributed by atoms with Crippen LogP contribution in [0.4, 0.5) is 0 Å². The molecular weight excluding hydrogens is 394 g/mol. The van der Waals surface area contributed by atoms with Crippen LogP contribution in [0, 0.1) is 0 Å². The molecule has 2 heterocycles. The number of ether oxygens (including phenoxy) is 1. The molecule has 4 rings (SSSR count). The van der Waals surface area contributed by atoms with Crippen molar-refractivity contribution in [1.82, 2.24) is 15.2 Å². The number of hydrogen-bond acceptors (Lipinski definition) is 4. The van der Waals surface area contributed by atoms with Crippen molar-refractivity contribution in [3.05, 3.63) is 71.4 Å². The molecule has 1 atom stereocenters. The molecule has 1 aliphatic heterocycles. The number of aromatic amines is 1. The van der Waals surface area contributed by atoms with Crippen molar-refractivity contribution in [2.75, 3.05) is 13.7 Å². The van der Waals surface area contributed by atoms with Crippen molar-refractivity contribution in [3.8, 4) is 0 Å². The maximum absolute atomic E-state index is 12.5. The van der Waals surface area contributed by atoms with Crippen LogP contribution in [0.2, 0.25) is 0 Å². The molecule has 0 bridgehead atoms. The molecule has 0 saturated heterocycles. The number of hydrogen-bond donors (Lipinski definition) is 2. The second-order valence-electron chi connectivity index (χ2n) is 7.69. The van der Waals surface area contributed by atoms with Gasteiger partial charge in [-0.25, -0.2) is 4.79 Å². The average molecular weight is 419 g/mol. The molecule has 0 aliphatic carbocycles. The molecule has 0 spiro atoms. The van der Waals surface area contributed by atoms with Crippen molar-refractivity contribution in [2.45, 2.75) is 31.8 Å². The van der Waals surface area contributed by atoms with Gasteiger partial charge in [0.25, 0.3) is 5.91 Å². The van der Waals surface area contributed by atoms with Crippen LogP contribution in [-0.2, 0) is 27.3 Å². The summed E-state index contributed by atoms with van der Waals surface area (Å²) in [5.74, 6) is -0.717. The van der Waals surface area contributed by atoms with E-state index >= 15 is 0 Å². The Bertz CT molecular complexity index is 1120. The second-order valence-corrected chi connectivity index (χ2v) is 7.69. The third-order valence-corrected chi connectivity index (χ3v) is 5.65. The molecule has 0 radical (unpaired) electrons. The van der Waals surface area contributed by atoms with E-state index in [-0.39, 0.29) is 18.2 Å². The lowest BCUT2D eigenvalue weighted by molar-refractivity contribution is -0.145.